The van der Waals surface area contributed by atoms with Crippen molar-refractivity contribution in [2.75, 3.05) is 6.61 Å². The van der Waals surface area contributed by atoms with E-state index in [-0.39, 0.29) is 0 Å². The second-order valence-electron chi connectivity index (χ2n) is 9.27. The monoisotopic (exact) mass is 536 g/mol. The first-order valence-corrected chi connectivity index (χ1v) is 13.5. The molecule has 0 unspecified atom stereocenters. The van der Waals surface area contributed by atoms with Gasteiger partial charge in [-0.05, 0) is 83.1 Å². The molecule has 6 heteroatoms. The second kappa shape index (κ2) is 14.1. The highest BCUT2D eigenvalue weighted by Gasteiger charge is 2.15. The third kappa shape index (κ3) is 6.97. The maximum Gasteiger partial charge on any atom is 0.293 e. The molecule has 0 aliphatic heterocycles. The topological polar surface area (TPSA) is 101 Å². The van der Waals surface area contributed by atoms with Crippen LogP contribution < -0.4 is 16.2 Å². The number of aryl methyl sites for hydroxylation is 1. The lowest BCUT2D eigenvalue weighted by Gasteiger charge is -2.10. The number of nitrogens with two attached hydrogens (primary N) is 2. The average molecular weight is 537 g/mol. The summed E-state index contributed by atoms with van der Waals surface area (Å²) in [6.45, 7) is 6.16. The van der Waals surface area contributed by atoms with E-state index in [1.54, 1.807) is 6.92 Å². The molecule has 206 valence electrons. The summed E-state index contributed by atoms with van der Waals surface area (Å²) in [5.41, 5.74) is 20.4. The largest absolute Gasteiger partial charge is 0.485 e. The van der Waals surface area contributed by atoms with Crippen molar-refractivity contribution < 1.29 is 18.7 Å². The van der Waals surface area contributed by atoms with E-state index in [4.69, 9.17) is 20.6 Å². The maximum absolute atomic E-state index is 9.18. The first kappa shape index (κ1) is 28.6. The first-order valence-electron chi connectivity index (χ1n) is 13.5. The van der Waals surface area contributed by atoms with Crippen LogP contribution in [0.4, 0.5) is 0 Å². The van der Waals surface area contributed by atoms with Crippen LogP contribution in [-0.2, 0) is 35.6 Å². The molecule has 4 N–H and O–H groups in total. The van der Waals surface area contributed by atoms with Crippen molar-refractivity contribution in [3.8, 4) is 28.0 Å². The Morgan fingerprint density at radius 1 is 0.775 bits per heavy atom. The molecule has 0 amide bonds. The van der Waals surface area contributed by atoms with Gasteiger partial charge in [0, 0.05) is 24.0 Å². The molecule has 0 saturated carbocycles. The molecule has 40 heavy (non-hydrogen) atoms. The highest BCUT2D eigenvalue weighted by atomic mass is 16.5. The zero-order chi connectivity index (χ0) is 28.3. The number of rotatable bonds is 10. The molecule has 0 aliphatic rings. The lowest BCUT2D eigenvalue weighted by atomic mass is 9.95. The van der Waals surface area contributed by atoms with Gasteiger partial charge in [0.2, 0.25) is 0 Å². The van der Waals surface area contributed by atoms with E-state index in [0.29, 0.717) is 32.8 Å². The molecule has 6 nitrogen and oxygen atoms in total. The standard InChI is InChI=1S/C31H30N2O2.C3H6O2/c1-2-23-9-3-4-12-30(23)34-20-28-16-27-15-26(24-10-5-7-21(13-24)18-32)17-29(31(27)35-28)25-11-6-8-22(14-25)19-33;1-2-5-3-4/h3-17H,2,18-20,32-33H2,1H3;3H,2H2,1H3. The smallest absolute Gasteiger partial charge is 0.293 e. The second-order valence-corrected chi connectivity index (χ2v) is 9.27. The third-order valence-electron chi connectivity index (χ3n) is 6.60. The van der Waals surface area contributed by atoms with Gasteiger partial charge in [-0.3, -0.25) is 4.79 Å². The van der Waals surface area contributed by atoms with Gasteiger partial charge in [-0.25, -0.2) is 0 Å². The van der Waals surface area contributed by atoms with Crippen LogP contribution in [0.2, 0.25) is 0 Å². The van der Waals surface area contributed by atoms with Gasteiger partial charge in [-0.1, -0.05) is 61.5 Å². The molecular weight excluding hydrogens is 500 g/mol. The van der Waals surface area contributed by atoms with E-state index in [1.165, 1.54) is 5.56 Å². The summed E-state index contributed by atoms with van der Waals surface area (Å²) in [4.78, 5) is 9.18. The molecular formula is C34H36N2O4. The number of carbonyl (C=O) groups is 1. The van der Waals surface area contributed by atoms with Crippen LogP contribution in [0.5, 0.6) is 5.75 Å². The van der Waals surface area contributed by atoms with Crippen molar-refractivity contribution >= 4 is 17.4 Å². The molecule has 0 fully saturated rings. The Morgan fingerprint density at radius 3 is 2.12 bits per heavy atom. The van der Waals surface area contributed by atoms with Crippen LogP contribution >= 0.6 is 0 Å². The molecule has 0 aliphatic carbocycles. The van der Waals surface area contributed by atoms with Crippen LogP contribution in [0, 0.1) is 0 Å². The van der Waals surface area contributed by atoms with E-state index < -0.39 is 0 Å². The van der Waals surface area contributed by atoms with Gasteiger partial charge in [0.15, 0.2) is 0 Å². The van der Waals surface area contributed by atoms with Gasteiger partial charge in [0.1, 0.15) is 23.7 Å². The molecule has 1 aromatic heterocycles. The molecule has 1 heterocycles. The van der Waals surface area contributed by atoms with Gasteiger partial charge in [-0.2, -0.15) is 0 Å². The Hall–Kier alpha value is -4.39. The van der Waals surface area contributed by atoms with Gasteiger partial charge in [0.25, 0.3) is 6.47 Å². The van der Waals surface area contributed by atoms with Gasteiger partial charge in [0.05, 0.1) is 6.61 Å². The number of para-hydroxylation sites is 1. The molecule has 5 rings (SSSR count). The molecule has 0 bridgehead atoms. The van der Waals surface area contributed by atoms with Crippen LogP contribution in [0.1, 0.15) is 36.3 Å². The van der Waals surface area contributed by atoms with Crippen molar-refractivity contribution in [1.29, 1.82) is 0 Å². The molecule has 0 saturated heterocycles. The molecule has 5 aromatic rings. The number of benzene rings is 4. The van der Waals surface area contributed by atoms with Crippen molar-refractivity contribution in [2.24, 2.45) is 11.5 Å². The highest BCUT2D eigenvalue weighted by molar-refractivity contribution is 5.97. The van der Waals surface area contributed by atoms with Crippen LogP contribution in [0.3, 0.4) is 0 Å². The summed E-state index contributed by atoms with van der Waals surface area (Å²) in [7, 11) is 0. The summed E-state index contributed by atoms with van der Waals surface area (Å²) < 4.78 is 16.7. The maximum atomic E-state index is 9.18. The number of carbonyl (C=O) groups excluding carboxylic acids is 1. The summed E-state index contributed by atoms with van der Waals surface area (Å²) in [5.74, 6) is 1.68. The lowest BCUT2D eigenvalue weighted by molar-refractivity contribution is -0.128. The minimum absolute atomic E-state index is 0.367. The van der Waals surface area contributed by atoms with Gasteiger partial charge >= 0.3 is 0 Å². The Bertz CT molecular complexity index is 1560. The summed E-state index contributed by atoms with van der Waals surface area (Å²) in [6.07, 6.45) is 0.920. The minimum Gasteiger partial charge on any atom is -0.485 e. The number of fused-ring (bicyclic) bond motifs is 1. The predicted octanol–water partition coefficient (Wildman–Crippen LogP) is 7.00. The van der Waals surface area contributed by atoms with Crippen LogP contribution in [0.15, 0.2) is 95.4 Å². The Labute approximate surface area is 235 Å². The van der Waals surface area contributed by atoms with E-state index in [0.717, 1.165) is 62.3 Å². The van der Waals surface area contributed by atoms with E-state index in [1.807, 2.05) is 30.3 Å². The molecule has 4 aromatic carbocycles. The van der Waals surface area contributed by atoms with Crippen LogP contribution in [-0.4, -0.2) is 13.1 Å². The minimum atomic E-state index is 0.367. The fourth-order valence-corrected chi connectivity index (χ4v) is 4.56. The number of hydrogen-bond acceptors (Lipinski definition) is 6. The SMILES string of the molecule is CCOC=O.CCc1ccccc1OCc1cc2cc(-c3cccc(CN)c3)cc(-c3cccc(CN)c3)c2o1. The van der Waals surface area contributed by atoms with Crippen molar-refractivity contribution in [1.82, 2.24) is 0 Å². The molecule has 0 spiro atoms. The third-order valence-corrected chi connectivity index (χ3v) is 6.60. The number of ether oxygens (including phenoxy) is 2. The quantitative estimate of drug-likeness (QED) is 0.186. The van der Waals surface area contributed by atoms with Crippen LogP contribution in [0.25, 0.3) is 33.2 Å². The van der Waals surface area contributed by atoms with E-state index >= 15 is 0 Å². The fourth-order valence-electron chi connectivity index (χ4n) is 4.56. The Morgan fingerprint density at radius 2 is 1.48 bits per heavy atom. The zero-order valence-electron chi connectivity index (χ0n) is 23.1. The molecule has 0 radical (unpaired) electrons. The Balaban J connectivity index is 0.000000681. The summed E-state index contributed by atoms with van der Waals surface area (Å²) in [6, 6.07) is 31.3. The van der Waals surface area contributed by atoms with Gasteiger partial charge < -0.3 is 25.4 Å². The van der Waals surface area contributed by atoms with Crippen molar-refractivity contribution in [2.45, 2.75) is 40.0 Å². The average Bonchev–Trinajstić information content (AvgIpc) is 3.43. The Kier molecular flexibility index (Phi) is 10.1. The van der Waals surface area contributed by atoms with E-state index in [2.05, 4.69) is 72.3 Å². The van der Waals surface area contributed by atoms with Gasteiger partial charge in [-0.15, -0.1) is 0 Å². The first-order chi connectivity index (χ1) is 19.6. The molecule has 0 atom stereocenters. The normalized spacial score (nSPS) is 10.6. The van der Waals surface area contributed by atoms with Crippen molar-refractivity contribution in [3.63, 3.8) is 0 Å². The summed E-state index contributed by atoms with van der Waals surface area (Å²) in [5, 5.41) is 1.04. The predicted molar refractivity (Wildman–Crippen MR) is 161 cm³/mol. The zero-order valence-corrected chi connectivity index (χ0v) is 23.1. The number of furan rings is 1. The van der Waals surface area contributed by atoms with E-state index in [9.17, 15) is 4.79 Å². The highest BCUT2D eigenvalue weighted by Crippen LogP contribution is 2.37. The van der Waals surface area contributed by atoms with Crippen molar-refractivity contribution in [3.05, 3.63) is 113 Å². The summed E-state index contributed by atoms with van der Waals surface area (Å²) >= 11 is 0. The lowest BCUT2D eigenvalue weighted by Crippen LogP contribution is -1.96. The fraction of sp³-hybridized carbons (Fsp3) is 0.206. The number of hydrogen-bond donors (Lipinski definition) is 2.